The predicted octanol–water partition coefficient (Wildman–Crippen LogP) is 15.1. The van der Waals surface area contributed by atoms with Gasteiger partial charge < -0.3 is 0 Å². The van der Waals surface area contributed by atoms with Gasteiger partial charge in [-0.15, -0.1) is 0 Å². The first-order chi connectivity index (χ1) is 26.4. The lowest BCUT2D eigenvalue weighted by Crippen LogP contribution is -1.93. The van der Waals surface area contributed by atoms with Crippen molar-refractivity contribution in [3.05, 3.63) is 225 Å². The first kappa shape index (κ1) is 35.9. The highest BCUT2D eigenvalue weighted by molar-refractivity contribution is 5.88. The molecule has 262 valence electrons. The Balaban J connectivity index is 1.09. The van der Waals surface area contributed by atoms with E-state index in [1.165, 1.54) is 89.0 Å². The molecule has 0 aliphatic carbocycles. The molecule has 0 aliphatic heterocycles. The van der Waals surface area contributed by atoms with Gasteiger partial charge in [-0.3, -0.25) is 0 Å². The van der Waals surface area contributed by atoms with Crippen LogP contribution in [0.15, 0.2) is 170 Å². The largest absolute Gasteiger partial charge is 0.0622 e. The molecule has 0 spiro atoms. The molecule has 0 bridgehead atoms. The Morgan fingerprint density at radius 1 is 0.333 bits per heavy atom. The van der Waals surface area contributed by atoms with Gasteiger partial charge in [-0.25, -0.2) is 0 Å². The molecule has 0 atom stereocenters. The Morgan fingerprint density at radius 3 is 1.06 bits per heavy atom. The van der Waals surface area contributed by atoms with Crippen molar-refractivity contribution in [3.63, 3.8) is 0 Å². The lowest BCUT2D eigenvalue weighted by molar-refractivity contribution is 1.38. The van der Waals surface area contributed by atoms with Crippen LogP contribution >= 0.6 is 0 Å². The summed E-state index contributed by atoms with van der Waals surface area (Å²) < 4.78 is 0. The molecule has 0 unspecified atom stereocenters. The van der Waals surface area contributed by atoms with Crippen LogP contribution in [-0.4, -0.2) is 0 Å². The molecule has 0 saturated heterocycles. The maximum atomic E-state index is 2.36. The van der Waals surface area contributed by atoms with Gasteiger partial charge in [0.1, 0.15) is 0 Å². The maximum absolute atomic E-state index is 2.36. The number of aryl methyl sites for hydroxylation is 2. The van der Waals surface area contributed by atoms with Gasteiger partial charge in [0.2, 0.25) is 0 Å². The summed E-state index contributed by atoms with van der Waals surface area (Å²) in [6.07, 6.45) is 13.4. The Morgan fingerprint density at radius 2 is 0.667 bits per heavy atom. The first-order valence-corrected chi connectivity index (χ1v) is 18.7. The van der Waals surface area contributed by atoms with E-state index in [1.807, 2.05) is 0 Å². The smallest absolute Gasteiger partial charge is 0.0109 e. The molecule has 54 heavy (non-hydrogen) atoms. The molecule has 0 amide bonds. The number of hydrogen-bond donors (Lipinski definition) is 0. The molecule has 0 aliphatic rings. The van der Waals surface area contributed by atoms with Crippen LogP contribution in [0, 0.1) is 13.8 Å². The maximum Gasteiger partial charge on any atom is -0.0109 e. The average Bonchev–Trinajstić information content (AvgIpc) is 3.22. The van der Waals surface area contributed by atoms with Crippen LogP contribution in [0.2, 0.25) is 0 Å². The molecule has 7 rings (SSSR count). The molecule has 0 saturated carbocycles. The standard InChI is InChI=1S/C54H46/c1-39(47-15-7-5-8-16-47)35-45-27-23-43(24-28-45)31-33-49-19-11-13-21-51(49)53-37-42(4)54(38-41(53)3)52-22-14-12-20-50(52)34-32-44-25-29-46(30-26-44)36-40(2)48-17-9-6-10-18-48/h5-38H,1-4H3. The Labute approximate surface area is 321 Å². The van der Waals surface area contributed by atoms with Crippen molar-refractivity contribution in [2.75, 3.05) is 0 Å². The van der Waals surface area contributed by atoms with Crippen LogP contribution in [0.1, 0.15) is 69.5 Å². The second-order valence-electron chi connectivity index (χ2n) is 14.0. The number of rotatable bonds is 10. The summed E-state index contributed by atoms with van der Waals surface area (Å²) in [5.74, 6) is 0. The molecule has 7 aromatic carbocycles. The average molecular weight is 695 g/mol. The van der Waals surface area contributed by atoms with Crippen LogP contribution in [-0.2, 0) is 0 Å². The van der Waals surface area contributed by atoms with Crippen LogP contribution in [0.3, 0.4) is 0 Å². The zero-order chi connectivity index (χ0) is 37.3. The van der Waals surface area contributed by atoms with Crippen molar-refractivity contribution in [1.29, 1.82) is 0 Å². The highest BCUT2D eigenvalue weighted by Crippen LogP contribution is 2.36. The summed E-state index contributed by atoms with van der Waals surface area (Å²) in [6.45, 7) is 8.80. The van der Waals surface area contributed by atoms with E-state index >= 15 is 0 Å². The first-order valence-electron chi connectivity index (χ1n) is 18.7. The molecule has 0 aromatic heterocycles. The predicted molar refractivity (Wildman–Crippen MR) is 238 cm³/mol. The minimum Gasteiger partial charge on any atom is -0.0622 e. The molecule has 7 aromatic rings. The van der Waals surface area contributed by atoms with Crippen LogP contribution in [0.5, 0.6) is 0 Å². The summed E-state index contributed by atoms with van der Waals surface area (Å²) in [4.78, 5) is 0. The van der Waals surface area contributed by atoms with Gasteiger partial charge in [0.15, 0.2) is 0 Å². The highest BCUT2D eigenvalue weighted by Gasteiger charge is 2.12. The number of hydrogen-bond acceptors (Lipinski definition) is 0. The van der Waals surface area contributed by atoms with E-state index < -0.39 is 0 Å². The zero-order valence-corrected chi connectivity index (χ0v) is 31.6. The molecule has 0 fully saturated rings. The van der Waals surface area contributed by atoms with Crippen molar-refractivity contribution >= 4 is 47.6 Å². The summed E-state index contributed by atoms with van der Waals surface area (Å²) in [5, 5.41) is 0. The molecule has 0 nitrogen and oxygen atoms in total. The summed E-state index contributed by atoms with van der Waals surface area (Å²) in [7, 11) is 0. The Kier molecular flexibility index (Phi) is 11.2. The summed E-state index contributed by atoms with van der Waals surface area (Å²) in [5.41, 5.74) is 19.7. The molecular formula is C54H46. The van der Waals surface area contributed by atoms with E-state index in [0.717, 1.165) is 0 Å². The van der Waals surface area contributed by atoms with Gasteiger partial charge in [0.25, 0.3) is 0 Å². The van der Waals surface area contributed by atoms with Crippen LogP contribution in [0.25, 0.3) is 69.9 Å². The number of allylic oxidation sites excluding steroid dienone is 2. The quantitative estimate of drug-likeness (QED) is 0.125. The summed E-state index contributed by atoms with van der Waals surface area (Å²) in [6, 6.07) is 60.8. The van der Waals surface area contributed by atoms with E-state index in [2.05, 4.69) is 234 Å². The SMILES string of the molecule is CC(=Cc1ccc(C=Cc2ccccc2-c2cc(C)c(-c3ccccc3C=Cc3ccc(C=C(C)c4ccccc4)cc3)cc2C)cc1)c1ccccc1. The van der Waals surface area contributed by atoms with Gasteiger partial charge in [0.05, 0.1) is 0 Å². The second kappa shape index (κ2) is 16.9. The molecule has 0 heterocycles. The van der Waals surface area contributed by atoms with Gasteiger partial charge in [-0.1, -0.05) is 206 Å². The van der Waals surface area contributed by atoms with Crippen molar-refractivity contribution in [3.8, 4) is 22.3 Å². The monoisotopic (exact) mass is 694 g/mol. The lowest BCUT2D eigenvalue weighted by Gasteiger charge is -2.16. The Hall–Kier alpha value is -6.50. The third-order valence-corrected chi connectivity index (χ3v) is 10.1. The Bertz CT molecular complexity index is 2290. The van der Waals surface area contributed by atoms with Gasteiger partial charge >= 0.3 is 0 Å². The van der Waals surface area contributed by atoms with E-state index in [1.54, 1.807) is 0 Å². The van der Waals surface area contributed by atoms with Crippen molar-refractivity contribution in [2.24, 2.45) is 0 Å². The van der Waals surface area contributed by atoms with Crippen molar-refractivity contribution in [1.82, 2.24) is 0 Å². The highest BCUT2D eigenvalue weighted by atomic mass is 14.2. The second-order valence-corrected chi connectivity index (χ2v) is 14.0. The molecular weight excluding hydrogens is 649 g/mol. The van der Waals surface area contributed by atoms with Crippen molar-refractivity contribution in [2.45, 2.75) is 27.7 Å². The zero-order valence-electron chi connectivity index (χ0n) is 31.6. The van der Waals surface area contributed by atoms with E-state index in [4.69, 9.17) is 0 Å². The minimum absolute atomic E-state index is 1.18. The van der Waals surface area contributed by atoms with E-state index in [0.29, 0.717) is 0 Å². The molecule has 0 N–H and O–H groups in total. The van der Waals surface area contributed by atoms with Gasteiger partial charge in [-0.05, 0) is 117 Å². The van der Waals surface area contributed by atoms with E-state index in [-0.39, 0.29) is 0 Å². The molecule has 0 heteroatoms. The fourth-order valence-corrected chi connectivity index (χ4v) is 7.02. The normalized spacial score (nSPS) is 12.1. The van der Waals surface area contributed by atoms with Crippen LogP contribution < -0.4 is 0 Å². The number of benzene rings is 7. The van der Waals surface area contributed by atoms with Gasteiger partial charge in [0, 0.05) is 0 Å². The van der Waals surface area contributed by atoms with Gasteiger partial charge in [-0.2, -0.15) is 0 Å². The lowest BCUT2D eigenvalue weighted by atomic mass is 9.88. The summed E-state index contributed by atoms with van der Waals surface area (Å²) >= 11 is 0. The topological polar surface area (TPSA) is 0 Å². The fraction of sp³-hybridized carbons (Fsp3) is 0.0741. The third kappa shape index (κ3) is 8.75. The van der Waals surface area contributed by atoms with Crippen LogP contribution in [0.4, 0.5) is 0 Å². The minimum atomic E-state index is 1.18. The van der Waals surface area contributed by atoms with E-state index in [9.17, 15) is 0 Å². The molecule has 0 radical (unpaired) electrons. The fourth-order valence-electron chi connectivity index (χ4n) is 7.02. The van der Waals surface area contributed by atoms with Crippen molar-refractivity contribution < 1.29 is 0 Å². The third-order valence-electron chi connectivity index (χ3n) is 10.1.